The lowest BCUT2D eigenvalue weighted by Gasteiger charge is -2.34. The number of fused-ring (bicyclic) bond motifs is 1. The zero-order valence-corrected chi connectivity index (χ0v) is 13.5. The van der Waals surface area contributed by atoms with Crippen LogP contribution in [0.25, 0.3) is 0 Å². The summed E-state index contributed by atoms with van der Waals surface area (Å²) in [5, 5.41) is 12.9. The summed E-state index contributed by atoms with van der Waals surface area (Å²) in [6.07, 6.45) is 0.748. The van der Waals surface area contributed by atoms with Crippen LogP contribution in [0.4, 0.5) is 0 Å². The number of ether oxygens (including phenoxy) is 2. The fourth-order valence-corrected chi connectivity index (χ4v) is 2.62. The lowest BCUT2D eigenvalue weighted by molar-refractivity contribution is 0.170. The molecule has 0 amide bonds. The van der Waals surface area contributed by atoms with Crippen LogP contribution >= 0.6 is 0 Å². The van der Waals surface area contributed by atoms with Crippen LogP contribution in [0.1, 0.15) is 45.7 Å². The SMILES string of the molecule is CC(NC(CCO)C(C)(C)C)c1ccc2c(c1)OCCO2. The molecule has 0 aromatic heterocycles. The van der Waals surface area contributed by atoms with Crippen molar-refractivity contribution in [3.8, 4) is 11.5 Å². The molecule has 4 nitrogen and oxygen atoms in total. The van der Waals surface area contributed by atoms with E-state index in [2.05, 4.69) is 39.1 Å². The zero-order valence-electron chi connectivity index (χ0n) is 13.5. The Morgan fingerprint density at radius 2 is 1.86 bits per heavy atom. The van der Waals surface area contributed by atoms with Gasteiger partial charge in [-0.1, -0.05) is 26.8 Å². The van der Waals surface area contributed by atoms with Crippen LogP contribution in [0, 0.1) is 5.41 Å². The number of benzene rings is 1. The molecule has 0 spiro atoms. The molecule has 2 rings (SSSR count). The molecule has 118 valence electrons. The number of hydrogen-bond donors (Lipinski definition) is 2. The van der Waals surface area contributed by atoms with Gasteiger partial charge in [-0.05, 0) is 36.5 Å². The Kier molecular flexibility index (Phi) is 5.12. The molecule has 2 unspecified atom stereocenters. The van der Waals surface area contributed by atoms with E-state index < -0.39 is 0 Å². The highest BCUT2D eigenvalue weighted by Gasteiger charge is 2.26. The summed E-state index contributed by atoms with van der Waals surface area (Å²) >= 11 is 0. The molecule has 1 aromatic carbocycles. The minimum atomic E-state index is 0.102. The second-order valence-corrected chi connectivity index (χ2v) is 6.72. The van der Waals surface area contributed by atoms with E-state index in [1.807, 2.05) is 12.1 Å². The van der Waals surface area contributed by atoms with Gasteiger partial charge in [0.05, 0.1) is 0 Å². The third-order valence-electron chi connectivity index (χ3n) is 3.98. The van der Waals surface area contributed by atoms with Gasteiger partial charge in [0.1, 0.15) is 13.2 Å². The summed E-state index contributed by atoms with van der Waals surface area (Å²) < 4.78 is 11.2. The van der Waals surface area contributed by atoms with Crippen LogP contribution in [0.2, 0.25) is 0 Å². The number of hydrogen-bond acceptors (Lipinski definition) is 4. The molecule has 0 fully saturated rings. The summed E-state index contributed by atoms with van der Waals surface area (Å²) in [7, 11) is 0. The fourth-order valence-electron chi connectivity index (χ4n) is 2.62. The quantitative estimate of drug-likeness (QED) is 0.876. The molecule has 0 bridgehead atoms. The smallest absolute Gasteiger partial charge is 0.161 e. The highest BCUT2D eigenvalue weighted by molar-refractivity contribution is 5.44. The van der Waals surface area contributed by atoms with Gasteiger partial charge in [-0.3, -0.25) is 0 Å². The van der Waals surface area contributed by atoms with Gasteiger partial charge in [-0.25, -0.2) is 0 Å². The van der Waals surface area contributed by atoms with E-state index in [4.69, 9.17) is 9.47 Å². The molecule has 1 aliphatic rings. The third kappa shape index (κ3) is 4.11. The Labute approximate surface area is 127 Å². The first-order valence-electron chi connectivity index (χ1n) is 7.68. The van der Waals surface area contributed by atoms with E-state index in [0.717, 1.165) is 17.9 Å². The van der Waals surface area contributed by atoms with Crippen molar-refractivity contribution in [2.45, 2.75) is 46.2 Å². The first-order valence-corrected chi connectivity index (χ1v) is 7.68. The number of nitrogens with one attached hydrogen (secondary N) is 1. The zero-order chi connectivity index (χ0) is 15.5. The summed E-state index contributed by atoms with van der Waals surface area (Å²) in [6, 6.07) is 6.54. The van der Waals surface area contributed by atoms with Crippen molar-refractivity contribution in [1.29, 1.82) is 0 Å². The maximum absolute atomic E-state index is 9.27. The molecule has 1 aliphatic heterocycles. The van der Waals surface area contributed by atoms with Crippen molar-refractivity contribution in [3.05, 3.63) is 23.8 Å². The molecule has 2 N–H and O–H groups in total. The molecule has 1 heterocycles. The van der Waals surface area contributed by atoms with E-state index in [9.17, 15) is 5.11 Å². The Hall–Kier alpha value is -1.26. The Morgan fingerprint density at radius 3 is 2.48 bits per heavy atom. The monoisotopic (exact) mass is 293 g/mol. The fraction of sp³-hybridized carbons (Fsp3) is 0.647. The topological polar surface area (TPSA) is 50.7 Å². The maximum Gasteiger partial charge on any atom is 0.161 e. The van der Waals surface area contributed by atoms with Crippen molar-refractivity contribution in [1.82, 2.24) is 5.32 Å². The van der Waals surface area contributed by atoms with Crippen molar-refractivity contribution in [2.75, 3.05) is 19.8 Å². The van der Waals surface area contributed by atoms with Gasteiger partial charge in [-0.15, -0.1) is 0 Å². The van der Waals surface area contributed by atoms with Crippen molar-refractivity contribution < 1.29 is 14.6 Å². The van der Waals surface area contributed by atoms with E-state index in [-0.39, 0.29) is 24.1 Å². The Morgan fingerprint density at radius 1 is 1.19 bits per heavy atom. The van der Waals surface area contributed by atoms with E-state index >= 15 is 0 Å². The van der Waals surface area contributed by atoms with Crippen molar-refractivity contribution in [3.63, 3.8) is 0 Å². The predicted molar refractivity (Wildman–Crippen MR) is 83.9 cm³/mol. The minimum absolute atomic E-state index is 0.102. The molecule has 1 aromatic rings. The molecule has 0 radical (unpaired) electrons. The highest BCUT2D eigenvalue weighted by atomic mass is 16.6. The molecule has 2 atom stereocenters. The summed E-state index contributed by atoms with van der Waals surface area (Å²) in [5.41, 5.74) is 1.27. The van der Waals surface area contributed by atoms with Crippen LogP contribution in [-0.4, -0.2) is 31.0 Å². The molecule has 0 saturated heterocycles. The lowest BCUT2D eigenvalue weighted by Crippen LogP contribution is -2.42. The van der Waals surface area contributed by atoms with Crippen molar-refractivity contribution >= 4 is 0 Å². The van der Waals surface area contributed by atoms with Crippen LogP contribution in [-0.2, 0) is 0 Å². The van der Waals surface area contributed by atoms with Crippen molar-refractivity contribution in [2.24, 2.45) is 5.41 Å². The molecular weight excluding hydrogens is 266 g/mol. The number of rotatable bonds is 5. The van der Waals surface area contributed by atoms with Gasteiger partial charge in [0.2, 0.25) is 0 Å². The average molecular weight is 293 g/mol. The van der Waals surface area contributed by atoms with Gasteiger partial charge >= 0.3 is 0 Å². The lowest BCUT2D eigenvalue weighted by atomic mass is 9.84. The van der Waals surface area contributed by atoms with E-state index in [0.29, 0.717) is 13.2 Å². The third-order valence-corrected chi connectivity index (χ3v) is 3.98. The molecular formula is C17H27NO3. The first-order chi connectivity index (χ1) is 9.91. The van der Waals surface area contributed by atoms with E-state index in [1.165, 1.54) is 5.56 Å². The standard InChI is InChI=1S/C17H27NO3/c1-12(18-16(7-8-19)17(2,3)4)13-5-6-14-15(11-13)21-10-9-20-14/h5-6,11-12,16,18-19H,7-10H2,1-4H3. The van der Waals surface area contributed by atoms with Gasteiger partial charge < -0.3 is 19.9 Å². The minimum Gasteiger partial charge on any atom is -0.486 e. The Bertz CT molecular complexity index is 468. The molecule has 0 saturated carbocycles. The second-order valence-electron chi connectivity index (χ2n) is 6.72. The average Bonchev–Trinajstić information content (AvgIpc) is 2.45. The predicted octanol–water partition coefficient (Wildman–Crippen LogP) is 2.91. The Balaban J connectivity index is 2.10. The van der Waals surface area contributed by atoms with Crippen LogP contribution < -0.4 is 14.8 Å². The summed E-state index contributed by atoms with van der Waals surface area (Å²) in [4.78, 5) is 0. The highest BCUT2D eigenvalue weighted by Crippen LogP contribution is 2.33. The number of aliphatic hydroxyl groups excluding tert-OH is 1. The summed E-state index contributed by atoms with van der Waals surface area (Å²) in [5.74, 6) is 1.64. The number of aliphatic hydroxyl groups is 1. The molecule has 4 heteroatoms. The maximum atomic E-state index is 9.27. The van der Waals surface area contributed by atoms with E-state index in [1.54, 1.807) is 0 Å². The molecule has 0 aliphatic carbocycles. The molecule has 21 heavy (non-hydrogen) atoms. The van der Waals surface area contributed by atoms with Gasteiger partial charge in [-0.2, -0.15) is 0 Å². The van der Waals surface area contributed by atoms with Gasteiger partial charge in [0.25, 0.3) is 0 Å². The largest absolute Gasteiger partial charge is 0.486 e. The van der Waals surface area contributed by atoms with Gasteiger partial charge in [0.15, 0.2) is 11.5 Å². The first kappa shape index (κ1) is 16.1. The van der Waals surface area contributed by atoms with Crippen LogP contribution in [0.3, 0.4) is 0 Å². The summed E-state index contributed by atoms with van der Waals surface area (Å²) in [6.45, 7) is 10.1. The second kappa shape index (κ2) is 6.67. The van der Waals surface area contributed by atoms with Crippen LogP contribution in [0.5, 0.6) is 11.5 Å². The van der Waals surface area contributed by atoms with Crippen LogP contribution in [0.15, 0.2) is 18.2 Å². The van der Waals surface area contributed by atoms with Gasteiger partial charge in [0, 0.05) is 18.7 Å². The normalized spacial score (nSPS) is 17.4.